The van der Waals surface area contributed by atoms with Crippen LogP contribution in [-0.4, -0.2) is 85.1 Å². The van der Waals surface area contributed by atoms with Crippen molar-refractivity contribution in [2.24, 2.45) is 0 Å². The molecular formula is C27H32N6O2. The third-order valence-electron chi connectivity index (χ3n) is 6.62. The van der Waals surface area contributed by atoms with Crippen LogP contribution in [0, 0.1) is 6.92 Å². The number of amides is 1. The maximum Gasteiger partial charge on any atom is 0.257 e. The molecule has 0 radical (unpaired) electrons. The van der Waals surface area contributed by atoms with Crippen molar-refractivity contribution in [1.82, 2.24) is 19.8 Å². The lowest BCUT2D eigenvalue weighted by Gasteiger charge is -2.37. The average molecular weight is 473 g/mol. The molecular weight excluding hydrogens is 440 g/mol. The van der Waals surface area contributed by atoms with Crippen LogP contribution in [0.25, 0.3) is 0 Å². The van der Waals surface area contributed by atoms with E-state index in [0.717, 1.165) is 56.7 Å². The summed E-state index contributed by atoms with van der Waals surface area (Å²) < 4.78 is 6.02. The van der Waals surface area contributed by atoms with Gasteiger partial charge in [-0.25, -0.2) is 9.97 Å². The van der Waals surface area contributed by atoms with Crippen molar-refractivity contribution in [3.05, 3.63) is 72.1 Å². The molecule has 1 aromatic heterocycles. The third kappa shape index (κ3) is 5.38. The highest BCUT2D eigenvalue weighted by Crippen LogP contribution is 2.27. The number of aromatic nitrogens is 2. The van der Waals surface area contributed by atoms with Gasteiger partial charge in [-0.1, -0.05) is 30.3 Å². The smallest absolute Gasteiger partial charge is 0.257 e. The first-order valence-corrected chi connectivity index (χ1v) is 12.2. The predicted octanol–water partition coefficient (Wildman–Crippen LogP) is 3.29. The predicted molar refractivity (Wildman–Crippen MR) is 138 cm³/mol. The lowest BCUT2D eigenvalue weighted by molar-refractivity contribution is 0.0744. The minimum absolute atomic E-state index is 0.00632. The fourth-order valence-corrected chi connectivity index (χ4v) is 4.55. The van der Waals surface area contributed by atoms with Gasteiger partial charge in [0, 0.05) is 58.4 Å². The van der Waals surface area contributed by atoms with Crippen LogP contribution in [0.5, 0.6) is 11.5 Å². The van der Waals surface area contributed by atoms with Crippen molar-refractivity contribution >= 4 is 17.5 Å². The molecule has 182 valence electrons. The molecule has 5 rings (SSSR count). The van der Waals surface area contributed by atoms with Gasteiger partial charge < -0.3 is 24.3 Å². The molecule has 2 aliphatic rings. The first kappa shape index (κ1) is 23.1. The van der Waals surface area contributed by atoms with Crippen molar-refractivity contribution in [2.75, 3.05) is 69.2 Å². The van der Waals surface area contributed by atoms with Crippen LogP contribution in [0.1, 0.15) is 16.2 Å². The largest absolute Gasteiger partial charge is 0.457 e. The van der Waals surface area contributed by atoms with E-state index in [0.29, 0.717) is 30.2 Å². The number of hydrogen-bond donors (Lipinski definition) is 0. The number of carbonyl (C=O) groups is 1. The Labute approximate surface area is 206 Å². The van der Waals surface area contributed by atoms with Gasteiger partial charge in [-0.15, -0.1) is 0 Å². The second-order valence-corrected chi connectivity index (χ2v) is 9.11. The van der Waals surface area contributed by atoms with E-state index in [2.05, 4.69) is 27.8 Å². The molecule has 2 saturated heterocycles. The Bertz CT molecular complexity index is 1160. The number of benzene rings is 2. The fraction of sp³-hybridized carbons (Fsp3) is 0.370. The van der Waals surface area contributed by atoms with E-state index < -0.39 is 0 Å². The molecule has 0 saturated carbocycles. The summed E-state index contributed by atoms with van der Waals surface area (Å²) >= 11 is 0. The minimum atomic E-state index is -0.00632. The van der Waals surface area contributed by atoms with E-state index in [1.807, 2.05) is 66.4 Å². The van der Waals surface area contributed by atoms with Gasteiger partial charge in [0.15, 0.2) is 0 Å². The van der Waals surface area contributed by atoms with Crippen molar-refractivity contribution < 1.29 is 9.53 Å². The number of para-hydroxylation sites is 2. The SMILES string of the molecule is Cc1nc(N2CCN(C)CC2)cc(N2CCN(C(=O)c3ccccc3Oc3ccccc3)CC2)n1. The van der Waals surface area contributed by atoms with Crippen molar-refractivity contribution in [3.8, 4) is 11.5 Å². The van der Waals surface area contributed by atoms with Crippen molar-refractivity contribution in [2.45, 2.75) is 6.92 Å². The lowest BCUT2D eigenvalue weighted by Crippen LogP contribution is -2.49. The van der Waals surface area contributed by atoms with Crippen molar-refractivity contribution in [3.63, 3.8) is 0 Å². The monoisotopic (exact) mass is 472 g/mol. The highest BCUT2D eigenvalue weighted by Gasteiger charge is 2.26. The van der Waals surface area contributed by atoms with Crippen LogP contribution in [0.2, 0.25) is 0 Å². The van der Waals surface area contributed by atoms with Crippen molar-refractivity contribution in [1.29, 1.82) is 0 Å². The van der Waals surface area contributed by atoms with Crippen LogP contribution in [0.15, 0.2) is 60.7 Å². The average Bonchev–Trinajstić information content (AvgIpc) is 2.89. The number of nitrogens with zero attached hydrogens (tertiary/aromatic N) is 6. The zero-order valence-electron chi connectivity index (χ0n) is 20.4. The molecule has 2 fully saturated rings. The molecule has 0 atom stereocenters. The summed E-state index contributed by atoms with van der Waals surface area (Å²) in [6.07, 6.45) is 0. The van der Waals surface area contributed by atoms with E-state index in [9.17, 15) is 4.79 Å². The molecule has 2 aromatic carbocycles. The quantitative estimate of drug-likeness (QED) is 0.565. The van der Waals surface area contributed by atoms with Crippen LogP contribution in [-0.2, 0) is 0 Å². The molecule has 8 nitrogen and oxygen atoms in total. The molecule has 3 aromatic rings. The third-order valence-corrected chi connectivity index (χ3v) is 6.62. The summed E-state index contributed by atoms with van der Waals surface area (Å²) in [5, 5.41) is 0. The highest BCUT2D eigenvalue weighted by molar-refractivity contribution is 5.97. The number of anilines is 2. The standard InChI is InChI=1S/C27H32N6O2/c1-21-28-25(31-14-12-30(2)13-15-31)20-26(29-21)32-16-18-33(19-17-32)27(34)23-10-6-7-11-24(23)35-22-8-4-3-5-9-22/h3-11,20H,12-19H2,1-2H3. The maximum absolute atomic E-state index is 13.4. The number of carbonyl (C=O) groups excluding carboxylic acids is 1. The topological polar surface area (TPSA) is 65.0 Å². The number of rotatable bonds is 5. The molecule has 0 bridgehead atoms. The highest BCUT2D eigenvalue weighted by atomic mass is 16.5. The molecule has 1 amide bonds. The van der Waals surface area contributed by atoms with Gasteiger partial charge in [-0.3, -0.25) is 4.79 Å². The first-order chi connectivity index (χ1) is 17.1. The van der Waals surface area contributed by atoms with E-state index in [4.69, 9.17) is 14.7 Å². The van der Waals surface area contributed by atoms with E-state index in [-0.39, 0.29) is 5.91 Å². The van der Waals surface area contributed by atoms with Crippen LogP contribution in [0.3, 0.4) is 0 Å². The summed E-state index contributed by atoms with van der Waals surface area (Å²) in [6.45, 7) is 8.68. The van der Waals surface area contributed by atoms with Gasteiger partial charge in [0.05, 0.1) is 5.56 Å². The van der Waals surface area contributed by atoms with Gasteiger partial charge in [0.2, 0.25) is 0 Å². The van der Waals surface area contributed by atoms with Crippen LogP contribution in [0.4, 0.5) is 11.6 Å². The summed E-state index contributed by atoms with van der Waals surface area (Å²) in [5.74, 6) is 4.00. The summed E-state index contributed by atoms with van der Waals surface area (Å²) in [5.41, 5.74) is 0.583. The van der Waals surface area contributed by atoms with Gasteiger partial charge in [0.1, 0.15) is 29.0 Å². The number of hydrogen-bond acceptors (Lipinski definition) is 7. The normalized spacial score (nSPS) is 16.9. The summed E-state index contributed by atoms with van der Waals surface area (Å²) in [4.78, 5) is 31.6. The molecule has 0 aliphatic carbocycles. The van der Waals surface area contributed by atoms with E-state index in [1.165, 1.54) is 0 Å². The van der Waals surface area contributed by atoms with Gasteiger partial charge in [-0.05, 0) is 38.2 Å². The maximum atomic E-state index is 13.4. The first-order valence-electron chi connectivity index (χ1n) is 12.2. The number of aryl methyl sites for hydroxylation is 1. The van der Waals surface area contributed by atoms with E-state index >= 15 is 0 Å². The number of ether oxygens (including phenoxy) is 1. The zero-order valence-corrected chi connectivity index (χ0v) is 20.4. The van der Waals surface area contributed by atoms with E-state index in [1.54, 1.807) is 0 Å². The zero-order chi connectivity index (χ0) is 24.2. The molecule has 8 heteroatoms. The molecule has 0 spiro atoms. The molecule has 0 unspecified atom stereocenters. The second-order valence-electron chi connectivity index (χ2n) is 9.11. The Balaban J connectivity index is 1.25. The Morgan fingerprint density at radius 1 is 0.771 bits per heavy atom. The minimum Gasteiger partial charge on any atom is -0.457 e. The number of likely N-dealkylation sites (N-methyl/N-ethyl adjacent to an activating group) is 1. The summed E-state index contributed by atoms with van der Waals surface area (Å²) in [6, 6.07) is 19.1. The number of piperazine rings is 2. The van der Waals surface area contributed by atoms with Gasteiger partial charge in [0.25, 0.3) is 5.91 Å². The Kier molecular flexibility index (Phi) is 6.81. The lowest BCUT2D eigenvalue weighted by atomic mass is 10.1. The van der Waals surface area contributed by atoms with Gasteiger partial charge in [-0.2, -0.15) is 0 Å². The molecule has 35 heavy (non-hydrogen) atoms. The Morgan fingerprint density at radius 2 is 1.34 bits per heavy atom. The second kappa shape index (κ2) is 10.3. The molecule has 0 N–H and O–H groups in total. The Hall–Kier alpha value is -3.65. The van der Waals surface area contributed by atoms with Crippen LogP contribution < -0.4 is 14.5 Å². The van der Waals surface area contributed by atoms with Gasteiger partial charge >= 0.3 is 0 Å². The van der Waals surface area contributed by atoms with Crippen LogP contribution >= 0.6 is 0 Å². The summed E-state index contributed by atoms with van der Waals surface area (Å²) in [7, 11) is 2.15. The molecule has 2 aliphatic heterocycles. The fourth-order valence-electron chi connectivity index (χ4n) is 4.55. The molecule has 3 heterocycles. The Morgan fingerprint density at radius 3 is 2.00 bits per heavy atom.